The zero-order valence-corrected chi connectivity index (χ0v) is 27.0. The molecule has 0 saturated heterocycles. The van der Waals surface area contributed by atoms with Crippen molar-refractivity contribution in [3.05, 3.63) is 132 Å². The Bertz CT molecular complexity index is 1270. The molecule has 0 radical (unpaired) electrons. The molecule has 0 spiro atoms. The topological polar surface area (TPSA) is 0 Å². The summed E-state index contributed by atoms with van der Waals surface area (Å²) in [5.74, 6) is 0. The van der Waals surface area contributed by atoms with Crippen LogP contribution in [-0.4, -0.2) is 13.3 Å². The number of aryl methyl sites for hydroxylation is 2. The first kappa shape index (κ1) is 28.2. The first-order valence-electron chi connectivity index (χ1n) is 13.4. The van der Waals surface area contributed by atoms with Crippen LogP contribution >= 0.6 is 7.92 Å². The van der Waals surface area contributed by atoms with Gasteiger partial charge in [-0.25, -0.2) is 0 Å². The average molecular weight is 584 g/mol. The SMILES string of the molecule is CC1=C(C)C(C)(C)[C]([Zr][CH]2C(P(C)C)=Cc3ccccc32)=C1C.c1ccc(CCc2ccccc2)cc1. The van der Waals surface area contributed by atoms with Crippen molar-refractivity contribution < 1.29 is 23.2 Å². The monoisotopic (exact) mass is 582 g/mol. The van der Waals surface area contributed by atoms with Crippen LogP contribution in [0.15, 0.2) is 110 Å². The minimum atomic E-state index is -0.709. The van der Waals surface area contributed by atoms with E-state index in [-0.39, 0.29) is 13.3 Å². The normalized spacial score (nSPS) is 17.9. The van der Waals surface area contributed by atoms with Crippen molar-refractivity contribution in [2.24, 2.45) is 5.41 Å². The first-order valence-corrected chi connectivity index (χ1v) is 18.3. The van der Waals surface area contributed by atoms with E-state index in [0.717, 1.165) is 16.5 Å². The molecule has 190 valence electrons. The van der Waals surface area contributed by atoms with Crippen molar-refractivity contribution in [1.82, 2.24) is 0 Å². The van der Waals surface area contributed by atoms with Crippen LogP contribution in [0, 0.1) is 5.41 Å². The molecule has 2 aliphatic rings. The third-order valence-corrected chi connectivity index (χ3v) is 15.6. The third kappa shape index (κ3) is 6.44. The van der Waals surface area contributed by atoms with Crippen LogP contribution in [0.1, 0.15) is 60.5 Å². The molecular weight excluding hydrogens is 543 g/mol. The summed E-state index contributed by atoms with van der Waals surface area (Å²) in [6, 6.07) is 30.4. The fraction of sp³-hybridized carbons (Fsp3) is 0.314. The molecule has 0 aromatic heterocycles. The molecule has 2 heteroatoms. The van der Waals surface area contributed by atoms with E-state index in [9.17, 15) is 0 Å². The van der Waals surface area contributed by atoms with Gasteiger partial charge in [0.05, 0.1) is 0 Å². The van der Waals surface area contributed by atoms with E-state index in [0.29, 0.717) is 0 Å². The summed E-state index contributed by atoms with van der Waals surface area (Å²) in [4.78, 5) is 0. The third-order valence-electron chi connectivity index (χ3n) is 8.16. The van der Waals surface area contributed by atoms with Crippen molar-refractivity contribution in [2.45, 2.75) is 51.1 Å². The minimum absolute atomic E-state index is 0.00730. The molecule has 0 N–H and O–H groups in total. The van der Waals surface area contributed by atoms with E-state index in [4.69, 9.17) is 0 Å². The summed E-state index contributed by atoms with van der Waals surface area (Å²) in [6.07, 6.45) is 4.77. The Balaban J connectivity index is 0.000000195. The number of hydrogen-bond acceptors (Lipinski definition) is 0. The van der Waals surface area contributed by atoms with Crippen LogP contribution < -0.4 is 0 Å². The molecule has 0 fully saturated rings. The number of rotatable bonds is 6. The summed E-state index contributed by atoms with van der Waals surface area (Å²) >= 11 is -0.709. The summed E-state index contributed by atoms with van der Waals surface area (Å²) in [5.41, 5.74) is 11.0. The van der Waals surface area contributed by atoms with E-state index < -0.39 is 23.2 Å². The summed E-state index contributed by atoms with van der Waals surface area (Å²) < 4.78 is 2.57. The van der Waals surface area contributed by atoms with E-state index in [1.165, 1.54) is 16.7 Å². The van der Waals surface area contributed by atoms with Gasteiger partial charge in [0.25, 0.3) is 0 Å². The van der Waals surface area contributed by atoms with Gasteiger partial charge in [-0.15, -0.1) is 0 Å². The predicted octanol–water partition coefficient (Wildman–Crippen LogP) is 10.0. The number of allylic oxidation sites excluding steroid dienone is 5. The minimum Gasteiger partial charge on any atom is -0.0622 e. The van der Waals surface area contributed by atoms with Crippen LogP contribution in [-0.2, 0) is 36.1 Å². The Kier molecular flexibility index (Phi) is 9.43. The van der Waals surface area contributed by atoms with Crippen molar-refractivity contribution in [1.29, 1.82) is 0 Å². The quantitative estimate of drug-likeness (QED) is 0.253. The zero-order chi connectivity index (χ0) is 26.6. The van der Waals surface area contributed by atoms with Gasteiger partial charge in [-0.3, -0.25) is 0 Å². The van der Waals surface area contributed by atoms with Gasteiger partial charge in [0.15, 0.2) is 0 Å². The molecule has 0 heterocycles. The Hall–Kier alpha value is -1.81. The van der Waals surface area contributed by atoms with Crippen LogP contribution in [0.25, 0.3) is 6.08 Å². The van der Waals surface area contributed by atoms with Gasteiger partial charge in [-0.2, -0.15) is 0 Å². The molecule has 3 aromatic carbocycles. The molecule has 0 bridgehead atoms. The fourth-order valence-corrected chi connectivity index (χ4v) is 13.4. The number of fused-ring (bicyclic) bond motifs is 1. The van der Waals surface area contributed by atoms with Crippen LogP contribution in [0.3, 0.4) is 0 Å². The van der Waals surface area contributed by atoms with Gasteiger partial charge >= 0.3 is 155 Å². The second-order valence-corrected chi connectivity index (χ2v) is 16.7. The first-order chi connectivity index (χ1) is 17.7. The van der Waals surface area contributed by atoms with E-state index in [1.54, 1.807) is 27.6 Å². The number of hydrogen-bond donors (Lipinski definition) is 0. The molecule has 0 nitrogen and oxygen atoms in total. The summed E-state index contributed by atoms with van der Waals surface area (Å²) in [5, 5.41) is 1.74. The molecule has 37 heavy (non-hydrogen) atoms. The van der Waals surface area contributed by atoms with Crippen molar-refractivity contribution in [3.63, 3.8) is 0 Å². The molecule has 1 atom stereocenters. The van der Waals surface area contributed by atoms with Crippen molar-refractivity contribution >= 4 is 14.0 Å². The van der Waals surface area contributed by atoms with Crippen molar-refractivity contribution in [3.8, 4) is 0 Å². The molecule has 0 amide bonds. The Morgan fingerprint density at radius 3 is 1.70 bits per heavy atom. The predicted molar refractivity (Wildman–Crippen MR) is 161 cm³/mol. The standard InChI is InChI=1S/C14H14.C11H12P.C10H15.Zr/c1-3-7-13(8-4-1)11-12-14-9-5-2-6-10-14;1-12(2)11-7-9-5-3-4-6-10(9)8-11;1-7-6-10(4,5)9(3)8(7)2;/h1-10H,11-12H2;3-8H,1-2H3;1-5H3;. The Morgan fingerprint density at radius 2 is 1.22 bits per heavy atom. The average Bonchev–Trinajstić information content (AvgIpc) is 3.35. The van der Waals surface area contributed by atoms with E-state index in [1.807, 2.05) is 3.28 Å². The van der Waals surface area contributed by atoms with Gasteiger partial charge in [0.1, 0.15) is 0 Å². The molecule has 1 unspecified atom stereocenters. The Morgan fingerprint density at radius 1 is 0.703 bits per heavy atom. The zero-order valence-electron chi connectivity index (χ0n) is 23.6. The van der Waals surface area contributed by atoms with Gasteiger partial charge in [0, 0.05) is 0 Å². The smallest absolute Gasteiger partial charge is 0.0238 e. The molecule has 3 aromatic rings. The number of benzene rings is 3. The molecule has 0 aliphatic heterocycles. The summed E-state index contributed by atoms with van der Waals surface area (Å²) in [6.45, 7) is 16.8. The van der Waals surface area contributed by atoms with Gasteiger partial charge in [0.2, 0.25) is 0 Å². The van der Waals surface area contributed by atoms with E-state index >= 15 is 0 Å². The molecular formula is C35H41PZr. The second-order valence-electron chi connectivity index (χ2n) is 11.0. The maximum absolute atomic E-state index is 2.51. The van der Waals surface area contributed by atoms with Gasteiger partial charge in [-0.1, -0.05) is 60.7 Å². The Labute approximate surface area is 238 Å². The maximum atomic E-state index is 2.51. The van der Waals surface area contributed by atoms with E-state index in [2.05, 4.69) is 139 Å². The molecule has 0 saturated carbocycles. The largest absolute Gasteiger partial charge is 0.0622 e. The van der Waals surface area contributed by atoms with Crippen LogP contribution in [0.4, 0.5) is 0 Å². The molecule has 2 aliphatic carbocycles. The van der Waals surface area contributed by atoms with Gasteiger partial charge < -0.3 is 0 Å². The van der Waals surface area contributed by atoms with Crippen LogP contribution in [0.2, 0.25) is 0 Å². The fourth-order valence-electron chi connectivity index (χ4n) is 5.45. The summed E-state index contributed by atoms with van der Waals surface area (Å²) in [7, 11) is -0.00730. The van der Waals surface area contributed by atoms with Crippen LogP contribution in [0.5, 0.6) is 0 Å². The van der Waals surface area contributed by atoms with Gasteiger partial charge in [-0.05, 0) is 24.0 Å². The maximum Gasteiger partial charge on any atom is -0.0238 e. The second kappa shape index (κ2) is 12.4. The molecule has 5 rings (SSSR count). The van der Waals surface area contributed by atoms with Crippen molar-refractivity contribution in [2.75, 3.05) is 13.3 Å².